The monoisotopic (exact) mass is 276 g/mol. The molecule has 1 amide bonds. The van der Waals surface area contributed by atoms with Crippen molar-refractivity contribution in [2.75, 3.05) is 13.1 Å². The minimum atomic E-state index is -1.11. The summed E-state index contributed by atoms with van der Waals surface area (Å²) in [6, 6.07) is -0.0354. The number of likely N-dealkylation sites (tertiary alicyclic amines) is 1. The highest BCUT2D eigenvalue weighted by Crippen LogP contribution is 2.23. The van der Waals surface area contributed by atoms with Gasteiger partial charge in [-0.3, -0.25) is 9.89 Å². The first kappa shape index (κ1) is 12.3. The number of aromatic carboxylic acids is 1. The van der Waals surface area contributed by atoms with Crippen molar-refractivity contribution in [1.82, 2.24) is 30.1 Å². The Morgan fingerprint density at radius 1 is 1.45 bits per heavy atom. The first-order chi connectivity index (χ1) is 9.56. The molecular weight excluding hydrogens is 264 g/mol. The summed E-state index contributed by atoms with van der Waals surface area (Å²) < 4.78 is 1.48. The molecule has 1 aliphatic rings. The van der Waals surface area contributed by atoms with Crippen molar-refractivity contribution in [3.8, 4) is 0 Å². The van der Waals surface area contributed by atoms with Crippen LogP contribution in [0.4, 0.5) is 0 Å². The van der Waals surface area contributed by atoms with Gasteiger partial charge in [0.05, 0.1) is 24.0 Å². The Kier molecular flexibility index (Phi) is 2.74. The number of carbonyl (C=O) groups excluding carboxylic acids is 1. The fraction of sp³-hybridized carbons (Fsp3) is 0.364. The summed E-state index contributed by atoms with van der Waals surface area (Å²) in [6.45, 7) is 2.74. The molecule has 0 unspecified atom stereocenters. The molecule has 9 nitrogen and oxygen atoms in total. The van der Waals surface area contributed by atoms with Gasteiger partial charge in [0, 0.05) is 18.8 Å². The Morgan fingerprint density at radius 3 is 2.75 bits per heavy atom. The Hall–Kier alpha value is -2.71. The van der Waals surface area contributed by atoms with Gasteiger partial charge in [-0.25, -0.2) is 9.48 Å². The molecule has 3 rings (SSSR count). The van der Waals surface area contributed by atoms with E-state index in [1.54, 1.807) is 11.8 Å². The number of amides is 1. The smallest absolute Gasteiger partial charge is 0.358 e. The van der Waals surface area contributed by atoms with Gasteiger partial charge >= 0.3 is 5.97 Å². The first-order valence-corrected chi connectivity index (χ1v) is 6.00. The van der Waals surface area contributed by atoms with Crippen LogP contribution >= 0.6 is 0 Å². The molecule has 9 heteroatoms. The number of aromatic nitrogens is 5. The Labute approximate surface area is 113 Å². The van der Waals surface area contributed by atoms with Gasteiger partial charge in [-0.05, 0) is 6.92 Å². The maximum absolute atomic E-state index is 12.1. The molecule has 2 aromatic heterocycles. The van der Waals surface area contributed by atoms with E-state index < -0.39 is 5.97 Å². The number of hydrogen-bond donors (Lipinski definition) is 2. The van der Waals surface area contributed by atoms with Crippen LogP contribution in [0.2, 0.25) is 0 Å². The molecule has 2 N–H and O–H groups in total. The Bertz CT molecular complexity index is 669. The minimum Gasteiger partial charge on any atom is -0.476 e. The van der Waals surface area contributed by atoms with Gasteiger partial charge in [0.25, 0.3) is 5.91 Å². The van der Waals surface area contributed by atoms with Gasteiger partial charge in [-0.2, -0.15) is 5.10 Å². The van der Waals surface area contributed by atoms with Crippen LogP contribution in [-0.2, 0) is 0 Å². The van der Waals surface area contributed by atoms with Crippen molar-refractivity contribution in [3.05, 3.63) is 29.3 Å². The molecule has 1 fully saturated rings. The van der Waals surface area contributed by atoms with E-state index in [1.807, 2.05) is 0 Å². The molecule has 3 heterocycles. The van der Waals surface area contributed by atoms with E-state index in [9.17, 15) is 9.59 Å². The molecule has 104 valence electrons. The number of carboxylic acids is 1. The second-order valence-corrected chi connectivity index (χ2v) is 4.66. The molecule has 0 atom stereocenters. The quantitative estimate of drug-likeness (QED) is 0.795. The van der Waals surface area contributed by atoms with Gasteiger partial charge in [0.2, 0.25) is 0 Å². The molecule has 0 aromatic carbocycles. The molecule has 0 saturated carbocycles. The van der Waals surface area contributed by atoms with Gasteiger partial charge in [-0.15, -0.1) is 5.10 Å². The van der Waals surface area contributed by atoms with Crippen molar-refractivity contribution >= 4 is 11.9 Å². The average Bonchev–Trinajstić information content (AvgIpc) is 2.95. The SMILES string of the molecule is Cc1[nH]ncc1C(=O)N1CC(n2cc(C(=O)O)nn2)C1. The zero-order chi connectivity index (χ0) is 14.3. The molecule has 0 radical (unpaired) electrons. The fourth-order valence-electron chi connectivity index (χ4n) is 2.08. The van der Waals surface area contributed by atoms with E-state index in [0.717, 1.165) is 5.69 Å². The fourth-order valence-corrected chi connectivity index (χ4v) is 2.08. The number of aryl methyl sites for hydroxylation is 1. The Balaban J connectivity index is 1.65. The topological polar surface area (TPSA) is 117 Å². The zero-order valence-corrected chi connectivity index (χ0v) is 10.6. The van der Waals surface area contributed by atoms with Crippen LogP contribution in [0.15, 0.2) is 12.4 Å². The zero-order valence-electron chi connectivity index (χ0n) is 10.6. The van der Waals surface area contributed by atoms with Crippen LogP contribution in [-0.4, -0.2) is 60.2 Å². The van der Waals surface area contributed by atoms with Crippen LogP contribution in [0, 0.1) is 6.92 Å². The third-order valence-corrected chi connectivity index (χ3v) is 3.31. The number of H-pyrrole nitrogens is 1. The standard InChI is InChI=1S/C11H12N6O3/c1-6-8(2-12-13-6)10(18)16-3-7(4-16)17-5-9(11(19)20)14-15-17/h2,5,7H,3-4H2,1H3,(H,12,13)(H,19,20). The molecular formula is C11H12N6O3. The van der Waals surface area contributed by atoms with Crippen LogP contribution in [0.25, 0.3) is 0 Å². The molecule has 1 saturated heterocycles. The lowest BCUT2D eigenvalue weighted by molar-refractivity contribution is 0.0497. The summed E-state index contributed by atoms with van der Waals surface area (Å²) in [5.41, 5.74) is 1.18. The number of rotatable bonds is 3. The number of nitrogens with zero attached hydrogens (tertiary/aromatic N) is 5. The van der Waals surface area contributed by atoms with Gasteiger partial charge < -0.3 is 10.0 Å². The van der Waals surface area contributed by atoms with Gasteiger partial charge in [0.15, 0.2) is 5.69 Å². The van der Waals surface area contributed by atoms with Crippen LogP contribution < -0.4 is 0 Å². The van der Waals surface area contributed by atoms with E-state index in [-0.39, 0.29) is 17.6 Å². The highest BCUT2D eigenvalue weighted by Gasteiger charge is 2.34. The number of aromatic amines is 1. The summed E-state index contributed by atoms with van der Waals surface area (Å²) in [5.74, 6) is -1.20. The lowest BCUT2D eigenvalue weighted by atomic mass is 10.1. The van der Waals surface area contributed by atoms with E-state index in [0.29, 0.717) is 18.7 Å². The predicted octanol–water partition coefficient (Wildman–Crippen LogP) is -0.295. The highest BCUT2D eigenvalue weighted by atomic mass is 16.4. The van der Waals surface area contributed by atoms with Gasteiger partial charge in [-0.1, -0.05) is 5.21 Å². The molecule has 0 aliphatic carbocycles. The van der Waals surface area contributed by atoms with Crippen molar-refractivity contribution < 1.29 is 14.7 Å². The lowest BCUT2D eigenvalue weighted by Gasteiger charge is -2.38. The third kappa shape index (κ3) is 1.92. The maximum Gasteiger partial charge on any atom is 0.358 e. The summed E-state index contributed by atoms with van der Waals surface area (Å²) in [4.78, 5) is 24.5. The number of carboxylic acid groups (broad SMARTS) is 1. The van der Waals surface area contributed by atoms with Crippen molar-refractivity contribution in [2.45, 2.75) is 13.0 Å². The van der Waals surface area contributed by atoms with Crippen LogP contribution in [0.5, 0.6) is 0 Å². The van der Waals surface area contributed by atoms with Crippen molar-refractivity contribution in [2.24, 2.45) is 0 Å². The van der Waals surface area contributed by atoms with E-state index >= 15 is 0 Å². The van der Waals surface area contributed by atoms with Crippen LogP contribution in [0.3, 0.4) is 0 Å². The second kappa shape index (κ2) is 4.44. The average molecular weight is 276 g/mol. The van der Waals surface area contributed by atoms with Crippen molar-refractivity contribution in [3.63, 3.8) is 0 Å². The summed E-state index contributed by atoms with van der Waals surface area (Å²) >= 11 is 0. The van der Waals surface area contributed by atoms with E-state index in [2.05, 4.69) is 20.5 Å². The molecule has 0 spiro atoms. The molecule has 0 bridgehead atoms. The predicted molar refractivity (Wildman–Crippen MR) is 65.2 cm³/mol. The number of carbonyl (C=O) groups is 2. The summed E-state index contributed by atoms with van der Waals surface area (Å²) in [7, 11) is 0. The maximum atomic E-state index is 12.1. The number of nitrogens with one attached hydrogen (secondary N) is 1. The molecule has 2 aromatic rings. The van der Waals surface area contributed by atoms with E-state index in [4.69, 9.17) is 5.11 Å². The number of hydrogen-bond acceptors (Lipinski definition) is 5. The molecule has 20 heavy (non-hydrogen) atoms. The minimum absolute atomic E-state index is 0.0354. The lowest BCUT2D eigenvalue weighted by Crippen LogP contribution is -2.51. The first-order valence-electron chi connectivity index (χ1n) is 6.00. The molecule has 1 aliphatic heterocycles. The highest BCUT2D eigenvalue weighted by molar-refractivity contribution is 5.95. The summed E-state index contributed by atoms with van der Waals surface area (Å²) in [5, 5.41) is 22.6. The third-order valence-electron chi connectivity index (χ3n) is 3.31. The van der Waals surface area contributed by atoms with E-state index in [1.165, 1.54) is 17.1 Å². The summed E-state index contributed by atoms with van der Waals surface area (Å²) in [6.07, 6.45) is 2.88. The van der Waals surface area contributed by atoms with Crippen LogP contribution in [0.1, 0.15) is 32.6 Å². The second-order valence-electron chi connectivity index (χ2n) is 4.66. The Morgan fingerprint density at radius 2 is 2.20 bits per heavy atom. The van der Waals surface area contributed by atoms with Gasteiger partial charge in [0.1, 0.15) is 0 Å². The normalized spacial score (nSPS) is 15.2. The largest absolute Gasteiger partial charge is 0.476 e. The van der Waals surface area contributed by atoms with Crippen molar-refractivity contribution in [1.29, 1.82) is 0 Å².